The van der Waals surface area contributed by atoms with Gasteiger partial charge in [0.2, 0.25) is 0 Å². The summed E-state index contributed by atoms with van der Waals surface area (Å²) in [4.78, 5) is 2.72. The third-order valence-corrected chi connectivity index (χ3v) is 1.62. The lowest BCUT2D eigenvalue weighted by atomic mass is 10.4. The fourth-order valence-corrected chi connectivity index (χ4v) is 0.751. The summed E-state index contributed by atoms with van der Waals surface area (Å²) < 4.78 is 4.91. The largest absolute Gasteiger partial charge is 0.393 e. The van der Waals surface area contributed by atoms with Crippen LogP contribution < -0.4 is 5.73 Å². The highest BCUT2D eigenvalue weighted by Crippen LogP contribution is 1.87. The molecule has 11 heavy (non-hydrogen) atoms. The SMILES string of the molecule is COCCN(C)CCC(N)=S. The van der Waals surface area contributed by atoms with Gasteiger partial charge in [0, 0.05) is 26.6 Å². The van der Waals surface area contributed by atoms with Gasteiger partial charge in [0.25, 0.3) is 0 Å². The van der Waals surface area contributed by atoms with Gasteiger partial charge in [0.15, 0.2) is 0 Å². The molecule has 0 aliphatic heterocycles. The molecule has 0 bridgehead atoms. The van der Waals surface area contributed by atoms with Crippen LogP contribution in [0.25, 0.3) is 0 Å². The van der Waals surface area contributed by atoms with Gasteiger partial charge in [-0.05, 0) is 7.05 Å². The molecule has 0 spiro atoms. The zero-order chi connectivity index (χ0) is 8.69. The smallest absolute Gasteiger partial charge is 0.0740 e. The molecule has 0 aliphatic rings. The lowest BCUT2D eigenvalue weighted by Gasteiger charge is -2.14. The summed E-state index contributed by atoms with van der Waals surface area (Å²) in [7, 11) is 3.72. The van der Waals surface area contributed by atoms with Gasteiger partial charge in [-0.25, -0.2) is 0 Å². The maximum atomic E-state index is 5.34. The predicted molar refractivity (Wildman–Crippen MR) is 50.8 cm³/mol. The second-order valence-corrected chi connectivity index (χ2v) is 3.04. The van der Waals surface area contributed by atoms with E-state index in [1.807, 2.05) is 7.05 Å². The molecule has 0 saturated carbocycles. The Bertz CT molecular complexity index is 119. The summed E-state index contributed by atoms with van der Waals surface area (Å²) in [6.07, 6.45) is 0.787. The molecule has 0 aliphatic carbocycles. The normalized spacial score (nSPS) is 10.5. The monoisotopic (exact) mass is 176 g/mol. The zero-order valence-corrected chi connectivity index (χ0v) is 7.99. The number of nitrogens with zero attached hydrogens (tertiary/aromatic N) is 1. The zero-order valence-electron chi connectivity index (χ0n) is 7.17. The molecule has 66 valence electrons. The molecule has 0 amide bonds. The molecule has 0 heterocycles. The number of thiocarbonyl (C=S) groups is 1. The van der Waals surface area contributed by atoms with Gasteiger partial charge in [-0.2, -0.15) is 0 Å². The Morgan fingerprint density at radius 2 is 2.18 bits per heavy atom. The highest BCUT2D eigenvalue weighted by Gasteiger charge is 1.97. The number of likely N-dealkylation sites (N-methyl/N-ethyl adjacent to an activating group) is 1. The van der Waals surface area contributed by atoms with Crippen molar-refractivity contribution in [1.82, 2.24) is 4.90 Å². The van der Waals surface area contributed by atoms with Crippen LogP contribution in [-0.2, 0) is 4.74 Å². The number of nitrogens with two attached hydrogens (primary N) is 1. The summed E-state index contributed by atoms with van der Waals surface area (Å²) in [5, 5.41) is 0. The molecule has 4 heteroatoms. The van der Waals surface area contributed by atoms with Crippen LogP contribution in [-0.4, -0.2) is 43.7 Å². The Balaban J connectivity index is 3.22. The van der Waals surface area contributed by atoms with Crippen molar-refractivity contribution in [1.29, 1.82) is 0 Å². The first-order valence-corrected chi connectivity index (χ1v) is 4.03. The van der Waals surface area contributed by atoms with Gasteiger partial charge < -0.3 is 15.4 Å². The van der Waals surface area contributed by atoms with E-state index in [2.05, 4.69) is 4.90 Å². The summed E-state index contributed by atoms with van der Waals surface area (Å²) in [6.45, 7) is 2.60. The van der Waals surface area contributed by atoms with Crippen molar-refractivity contribution in [2.75, 3.05) is 33.9 Å². The van der Waals surface area contributed by atoms with Crippen LogP contribution in [0, 0.1) is 0 Å². The molecular formula is C7H16N2OS. The maximum absolute atomic E-state index is 5.34. The number of ether oxygens (including phenoxy) is 1. The molecule has 0 fully saturated rings. The molecule has 0 aromatic rings. The summed E-state index contributed by atoms with van der Waals surface area (Å²) in [6, 6.07) is 0. The van der Waals surface area contributed by atoms with Gasteiger partial charge in [0.1, 0.15) is 0 Å². The molecule has 3 nitrogen and oxygen atoms in total. The van der Waals surface area contributed by atoms with Crippen molar-refractivity contribution in [3.63, 3.8) is 0 Å². The molecule has 0 radical (unpaired) electrons. The highest BCUT2D eigenvalue weighted by atomic mass is 32.1. The van der Waals surface area contributed by atoms with Crippen LogP contribution in [0.15, 0.2) is 0 Å². The van der Waals surface area contributed by atoms with E-state index in [0.29, 0.717) is 4.99 Å². The standard InChI is InChI=1S/C7H16N2OS/c1-9(5-6-10-2)4-3-7(8)11/h3-6H2,1-2H3,(H2,8,11). The van der Waals surface area contributed by atoms with Crippen molar-refractivity contribution in [3.8, 4) is 0 Å². The molecule has 0 rings (SSSR count). The number of methoxy groups -OCH3 is 1. The van der Waals surface area contributed by atoms with Gasteiger partial charge in [0.05, 0.1) is 11.6 Å². The Hall–Kier alpha value is -0.190. The average Bonchev–Trinajstić information content (AvgIpc) is 1.97. The Morgan fingerprint density at radius 3 is 2.64 bits per heavy atom. The van der Waals surface area contributed by atoms with Crippen LogP contribution in [0.1, 0.15) is 6.42 Å². The molecule has 0 atom stereocenters. The minimum Gasteiger partial charge on any atom is -0.393 e. The Kier molecular flexibility index (Phi) is 6.40. The molecular weight excluding hydrogens is 160 g/mol. The third-order valence-electron chi connectivity index (χ3n) is 1.42. The van der Waals surface area contributed by atoms with Crippen LogP contribution in [0.2, 0.25) is 0 Å². The van der Waals surface area contributed by atoms with E-state index >= 15 is 0 Å². The number of hydrogen-bond acceptors (Lipinski definition) is 3. The van der Waals surface area contributed by atoms with Gasteiger partial charge in [-0.1, -0.05) is 12.2 Å². The minimum atomic E-state index is 0.578. The van der Waals surface area contributed by atoms with Crippen LogP contribution in [0.5, 0.6) is 0 Å². The van der Waals surface area contributed by atoms with Crippen molar-refractivity contribution < 1.29 is 4.74 Å². The van der Waals surface area contributed by atoms with Gasteiger partial charge >= 0.3 is 0 Å². The van der Waals surface area contributed by atoms with E-state index in [1.165, 1.54) is 0 Å². The summed E-state index contributed by atoms with van der Waals surface area (Å²) in [5.41, 5.74) is 5.34. The fourth-order valence-electron chi connectivity index (χ4n) is 0.660. The van der Waals surface area contributed by atoms with E-state index in [4.69, 9.17) is 22.7 Å². The quantitative estimate of drug-likeness (QED) is 0.588. The molecule has 0 saturated heterocycles. The summed E-state index contributed by atoms with van der Waals surface area (Å²) >= 11 is 4.75. The van der Waals surface area contributed by atoms with E-state index < -0.39 is 0 Å². The second kappa shape index (κ2) is 6.52. The topological polar surface area (TPSA) is 38.5 Å². The first-order chi connectivity index (χ1) is 5.16. The first kappa shape index (κ1) is 10.8. The molecule has 0 aromatic carbocycles. The molecule has 0 unspecified atom stereocenters. The fraction of sp³-hybridized carbons (Fsp3) is 0.857. The third kappa shape index (κ3) is 7.71. The van der Waals surface area contributed by atoms with E-state index in [-0.39, 0.29) is 0 Å². The van der Waals surface area contributed by atoms with Gasteiger partial charge in [-0.15, -0.1) is 0 Å². The molecule has 0 aromatic heterocycles. The lowest BCUT2D eigenvalue weighted by molar-refractivity contribution is 0.162. The van der Waals surface area contributed by atoms with Crippen molar-refractivity contribution in [3.05, 3.63) is 0 Å². The van der Waals surface area contributed by atoms with Crippen molar-refractivity contribution in [2.24, 2.45) is 5.73 Å². The van der Waals surface area contributed by atoms with E-state index in [0.717, 1.165) is 26.1 Å². The number of hydrogen-bond donors (Lipinski definition) is 1. The number of rotatable bonds is 6. The predicted octanol–water partition coefficient (Wildman–Crippen LogP) is 0.241. The van der Waals surface area contributed by atoms with Crippen molar-refractivity contribution in [2.45, 2.75) is 6.42 Å². The van der Waals surface area contributed by atoms with Crippen molar-refractivity contribution >= 4 is 17.2 Å². The highest BCUT2D eigenvalue weighted by molar-refractivity contribution is 7.80. The first-order valence-electron chi connectivity index (χ1n) is 3.62. The lowest BCUT2D eigenvalue weighted by Crippen LogP contribution is -2.26. The van der Waals surface area contributed by atoms with E-state index in [9.17, 15) is 0 Å². The van der Waals surface area contributed by atoms with Crippen LogP contribution >= 0.6 is 12.2 Å². The maximum Gasteiger partial charge on any atom is 0.0740 e. The van der Waals surface area contributed by atoms with Gasteiger partial charge in [-0.3, -0.25) is 0 Å². The average molecular weight is 176 g/mol. The Labute approximate surface area is 73.5 Å². The molecule has 2 N–H and O–H groups in total. The van der Waals surface area contributed by atoms with Crippen LogP contribution in [0.3, 0.4) is 0 Å². The second-order valence-electron chi connectivity index (χ2n) is 2.51. The van der Waals surface area contributed by atoms with Crippen LogP contribution in [0.4, 0.5) is 0 Å². The van der Waals surface area contributed by atoms with E-state index in [1.54, 1.807) is 7.11 Å². The Morgan fingerprint density at radius 1 is 1.55 bits per heavy atom. The summed E-state index contributed by atoms with van der Waals surface area (Å²) in [5.74, 6) is 0. The minimum absolute atomic E-state index is 0.578.